The second-order valence-corrected chi connectivity index (χ2v) is 7.37. The van der Waals surface area contributed by atoms with Crippen LogP contribution in [0.25, 0.3) is 11.6 Å². The fraction of sp³-hybridized carbons (Fsp3) is 0.0833. The average molecular weight is 499 g/mol. The van der Waals surface area contributed by atoms with Gasteiger partial charge in [-0.25, -0.2) is 8.78 Å². The Morgan fingerprint density at radius 2 is 1.84 bits per heavy atom. The van der Waals surface area contributed by atoms with Gasteiger partial charge in [0.25, 0.3) is 5.91 Å². The first-order chi connectivity index (χ1) is 15.4. The largest absolute Gasteiger partial charge is 0.493 e. The summed E-state index contributed by atoms with van der Waals surface area (Å²) in [7, 11) is 1.43. The van der Waals surface area contributed by atoms with Crippen LogP contribution in [0, 0.1) is 23.0 Å². The van der Waals surface area contributed by atoms with Gasteiger partial charge in [-0.1, -0.05) is 34.1 Å². The van der Waals surface area contributed by atoms with Gasteiger partial charge >= 0.3 is 0 Å². The van der Waals surface area contributed by atoms with E-state index in [1.54, 1.807) is 24.3 Å². The molecule has 0 aliphatic carbocycles. The van der Waals surface area contributed by atoms with Crippen molar-refractivity contribution in [2.24, 2.45) is 0 Å². The molecule has 3 aromatic carbocycles. The van der Waals surface area contributed by atoms with Gasteiger partial charge in [0, 0.05) is 15.7 Å². The molecule has 3 rings (SSSR count). The van der Waals surface area contributed by atoms with Crippen LogP contribution in [0.1, 0.15) is 11.1 Å². The number of nitrogens with one attached hydrogen (secondary N) is 1. The Bertz CT molecular complexity index is 1200. The van der Waals surface area contributed by atoms with Crippen LogP contribution < -0.4 is 14.8 Å². The minimum Gasteiger partial charge on any atom is -0.493 e. The molecular formula is C24H17BrF2N2O3. The molecule has 5 nitrogen and oxygen atoms in total. The summed E-state index contributed by atoms with van der Waals surface area (Å²) in [4.78, 5) is 12.1. The highest BCUT2D eigenvalue weighted by atomic mass is 79.9. The van der Waals surface area contributed by atoms with Crippen LogP contribution in [0.3, 0.4) is 0 Å². The molecule has 0 atom stereocenters. The number of anilines is 1. The Hall–Kier alpha value is -3.70. The number of nitriles is 1. The normalized spacial score (nSPS) is 10.9. The first-order valence-electron chi connectivity index (χ1n) is 9.33. The molecular weight excluding hydrogens is 482 g/mol. The highest BCUT2D eigenvalue weighted by Gasteiger charge is 2.14. The van der Waals surface area contributed by atoms with Crippen molar-refractivity contribution in [1.29, 1.82) is 5.26 Å². The SMILES string of the molecule is COc1cc(C=C(C#N)c2ccccc2F)c(Br)cc1OCC(=O)Nc1ccc(F)cc1. The van der Waals surface area contributed by atoms with E-state index in [-0.39, 0.29) is 23.5 Å². The second kappa shape index (κ2) is 10.6. The van der Waals surface area contributed by atoms with Crippen LogP contribution in [0.4, 0.5) is 14.5 Å². The third-order valence-corrected chi connectivity index (χ3v) is 5.04. The Morgan fingerprint density at radius 1 is 1.12 bits per heavy atom. The van der Waals surface area contributed by atoms with E-state index in [2.05, 4.69) is 21.2 Å². The molecule has 0 aliphatic rings. The van der Waals surface area contributed by atoms with Crippen LogP contribution in [-0.4, -0.2) is 19.6 Å². The van der Waals surface area contributed by atoms with Crippen molar-refractivity contribution in [3.8, 4) is 17.6 Å². The number of nitrogens with zero attached hydrogens (tertiary/aromatic N) is 1. The summed E-state index contributed by atoms with van der Waals surface area (Å²) < 4.78 is 38.5. The van der Waals surface area contributed by atoms with E-state index in [0.29, 0.717) is 21.5 Å². The van der Waals surface area contributed by atoms with E-state index in [9.17, 15) is 18.8 Å². The molecule has 32 heavy (non-hydrogen) atoms. The third kappa shape index (κ3) is 5.71. The Morgan fingerprint density at radius 3 is 2.50 bits per heavy atom. The number of amides is 1. The van der Waals surface area contributed by atoms with Gasteiger partial charge in [0.05, 0.1) is 18.8 Å². The Balaban J connectivity index is 1.79. The molecule has 0 aromatic heterocycles. The molecule has 0 radical (unpaired) electrons. The quantitative estimate of drug-likeness (QED) is 0.329. The van der Waals surface area contributed by atoms with E-state index in [1.165, 1.54) is 49.6 Å². The minimum absolute atomic E-state index is 0.137. The molecule has 0 spiro atoms. The molecule has 3 aromatic rings. The lowest BCUT2D eigenvalue weighted by atomic mass is 10.0. The van der Waals surface area contributed by atoms with E-state index in [4.69, 9.17) is 9.47 Å². The molecule has 0 heterocycles. The summed E-state index contributed by atoms with van der Waals surface area (Å²) >= 11 is 3.41. The average Bonchev–Trinajstić information content (AvgIpc) is 2.79. The Kier molecular flexibility index (Phi) is 7.58. The molecule has 8 heteroatoms. The number of ether oxygens (including phenoxy) is 2. The van der Waals surface area contributed by atoms with Crippen molar-refractivity contribution in [1.82, 2.24) is 0 Å². The maximum atomic E-state index is 14.1. The van der Waals surface area contributed by atoms with Gasteiger partial charge in [-0.15, -0.1) is 0 Å². The van der Waals surface area contributed by atoms with Crippen LogP contribution in [0.5, 0.6) is 11.5 Å². The Labute approximate surface area is 192 Å². The molecule has 0 aliphatic heterocycles. The van der Waals surface area contributed by atoms with Crippen molar-refractivity contribution < 1.29 is 23.0 Å². The first-order valence-corrected chi connectivity index (χ1v) is 10.1. The molecule has 162 valence electrons. The molecule has 0 bridgehead atoms. The van der Waals surface area contributed by atoms with Gasteiger partial charge in [-0.3, -0.25) is 4.79 Å². The summed E-state index contributed by atoms with van der Waals surface area (Å²) in [5.74, 6) is -0.742. The smallest absolute Gasteiger partial charge is 0.262 e. The first kappa shape index (κ1) is 23.0. The molecule has 1 amide bonds. The third-order valence-electron chi connectivity index (χ3n) is 4.35. The van der Waals surface area contributed by atoms with Crippen molar-refractivity contribution in [3.05, 3.63) is 87.9 Å². The number of allylic oxidation sites excluding steroid dienone is 1. The number of carbonyl (C=O) groups excluding carboxylic acids is 1. The zero-order valence-electron chi connectivity index (χ0n) is 16.9. The summed E-state index contributed by atoms with van der Waals surface area (Å²) in [6.45, 7) is -0.311. The van der Waals surface area contributed by atoms with E-state index in [0.717, 1.165) is 0 Å². The van der Waals surface area contributed by atoms with Crippen LogP contribution in [-0.2, 0) is 4.79 Å². The fourth-order valence-electron chi connectivity index (χ4n) is 2.81. The summed E-state index contributed by atoms with van der Waals surface area (Å²) in [5.41, 5.74) is 1.31. The number of benzene rings is 3. The predicted octanol–water partition coefficient (Wildman–Crippen LogP) is 5.82. The van der Waals surface area contributed by atoms with Gasteiger partial charge in [-0.2, -0.15) is 5.26 Å². The number of carbonyl (C=O) groups is 1. The second-order valence-electron chi connectivity index (χ2n) is 6.52. The van der Waals surface area contributed by atoms with Crippen molar-refractivity contribution in [3.63, 3.8) is 0 Å². The lowest BCUT2D eigenvalue weighted by Crippen LogP contribution is -2.20. The molecule has 0 saturated heterocycles. The predicted molar refractivity (Wildman–Crippen MR) is 121 cm³/mol. The van der Waals surface area contributed by atoms with Gasteiger partial charge in [0.1, 0.15) is 11.6 Å². The van der Waals surface area contributed by atoms with Crippen LogP contribution in [0.15, 0.2) is 65.1 Å². The van der Waals surface area contributed by atoms with Crippen LogP contribution >= 0.6 is 15.9 Å². The zero-order chi connectivity index (χ0) is 23.1. The molecule has 1 N–H and O–H groups in total. The van der Waals surface area contributed by atoms with Crippen molar-refractivity contribution in [2.75, 3.05) is 19.0 Å². The van der Waals surface area contributed by atoms with E-state index >= 15 is 0 Å². The maximum absolute atomic E-state index is 14.1. The lowest BCUT2D eigenvalue weighted by molar-refractivity contribution is -0.118. The molecule has 0 unspecified atom stereocenters. The van der Waals surface area contributed by atoms with Gasteiger partial charge in [-0.05, 0) is 54.1 Å². The highest BCUT2D eigenvalue weighted by molar-refractivity contribution is 9.10. The number of hydrogen-bond acceptors (Lipinski definition) is 4. The lowest BCUT2D eigenvalue weighted by Gasteiger charge is -2.13. The highest BCUT2D eigenvalue weighted by Crippen LogP contribution is 2.35. The van der Waals surface area contributed by atoms with E-state index in [1.807, 2.05) is 6.07 Å². The number of hydrogen-bond donors (Lipinski definition) is 1. The topological polar surface area (TPSA) is 71.3 Å². The van der Waals surface area contributed by atoms with E-state index < -0.39 is 17.5 Å². The monoisotopic (exact) mass is 498 g/mol. The van der Waals surface area contributed by atoms with Gasteiger partial charge < -0.3 is 14.8 Å². The summed E-state index contributed by atoms with van der Waals surface area (Å²) in [6.07, 6.45) is 1.52. The standard InChI is InChI=1S/C24H17BrF2N2O3/c1-31-22-11-15(10-16(13-28)19-4-2-3-5-21(19)27)20(25)12-23(22)32-14-24(30)29-18-8-6-17(26)7-9-18/h2-12H,14H2,1H3,(H,29,30). The number of halogens is 3. The van der Waals surface area contributed by atoms with Gasteiger partial charge in [0.2, 0.25) is 0 Å². The van der Waals surface area contributed by atoms with Crippen molar-refractivity contribution >= 4 is 39.2 Å². The fourth-order valence-corrected chi connectivity index (χ4v) is 3.25. The molecule has 0 fully saturated rings. The number of rotatable bonds is 7. The summed E-state index contributed by atoms with van der Waals surface area (Å²) in [6, 6.07) is 16.5. The zero-order valence-corrected chi connectivity index (χ0v) is 18.4. The maximum Gasteiger partial charge on any atom is 0.262 e. The number of methoxy groups -OCH3 is 1. The minimum atomic E-state index is -0.504. The van der Waals surface area contributed by atoms with Gasteiger partial charge in [0.15, 0.2) is 18.1 Å². The van der Waals surface area contributed by atoms with Crippen molar-refractivity contribution in [2.45, 2.75) is 0 Å². The summed E-state index contributed by atoms with van der Waals surface area (Å²) in [5, 5.41) is 12.1. The van der Waals surface area contributed by atoms with Crippen LogP contribution in [0.2, 0.25) is 0 Å². The molecule has 0 saturated carbocycles.